The van der Waals surface area contributed by atoms with Gasteiger partial charge in [-0.15, -0.1) is 0 Å². The second kappa shape index (κ2) is 6.29. The molecule has 3 N–H and O–H groups in total. The van der Waals surface area contributed by atoms with Crippen molar-refractivity contribution in [3.05, 3.63) is 36.0 Å². The molecule has 1 amide bonds. The van der Waals surface area contributed by atoms with Crippen molar-refractivity contribution in [2.24, 2.45) is 5.73 Å². The Kier molecular flexibility index (Phi) is 4.74. The first-order valence-corrected chi connectivity index (χ1v) is 5.08. The first-order chi connectivity index (χ1) is 8.58. The molecule has 0 spiro atoms. The number of methoxy groups -OCH3 is 2. The Labute approximate surface area is 104 Å². The third kappa shape index (κ3) is 3.51. The first kappa shape index (κ1) is 13.6. The molecular formula is C12H14N2O4. The van der Waals surface area contributed by atoms with Gasteiger partial charge in [-0.3, -0.25) is 4.79 Å². The largest absolute Gasteiger partial charge is 0.495 e. The maximum absolute atomic E-state index is 11.2. The lowest BCUT2D eigenvalue weighted by Gasteiger charge is -2.11. The summed E-state index contributed by atoms with van der Waals surface area (Å²) in [5, 5.41) is 2.72. The lowest BCUT2D eigenvalue weighted by Crippen LogP contribution is -2.21. The van der Waals surface area contributed by atoms with Crippen molar-refractivity contribution in [2.45, 2.75) is 0 Å². The molecule has 0 aromatic heterocycles. The van der Waals surface area contributed by atoms with Gasteiger partial charge in [-0.05, 0) is 12.1 Å². The second-order valence-corrected chi connectivity index (χ2v) is 3.27. The van der Waals surface area contributed by atoms with Gasteiger partial charge in [-0.1, -0.05) is 12.1 Å². The molecule has 6 heteroatoms. The van der Waals surface area contributed by atoms with E-state index in [9.17, 15) is 9.59 Å². The Balaban J connectivity index is 3.01. The molecule has 0 radical (unpaired) electrons. The van der Waals surface area contributed by atoms with Gasteiger partial charge in [-0.25, -0.2) is 4.79 Å². The lowest BCUT2D eigenvalue weighted by molar-refractivity contribution is -0.135. The SMILES string of the molecule is COC(=O)/C=C(\Nc1ccccc1OC)C(N)=O. The number of esters is 1. The van der Waals surface area contributed by atoms with E-state index in [-0.39, 0.29) is 5.70 Å². The summed E-state index contributed by atoms with van der Waals surface area (Å²) in [4.78, 5) is 22.3. The highest BCUT2D eigenvalue weighted by Gasteiger charge is 2.10. The third-order valence-corrected chi connectivity index (χ3v) is 2.11. The fraction of sp³-hybridized carbons (Fsp3) is 0.167. The van der Waals surface area contributed by atoms with E-state index < -0.39 is 11.9 Å². The molecule has 0 atom stereocenters. The van der Waals surface area contributed by atoms with Crippen molar-refractivity contribution in [1.82, 2.24) is 0 Å². The van der Waals surface area contributed by atoms with Crippen LogP contribution in [0.25, 0.3) is 0 Å². The monoisotopic (exact) mass is 250 g/mol. The average molecular weight is 250 g/mol. The Morgan fingerprint density at radius 3 is 2.50 bits per heavy atom. The molecule has 0 fully saturated rings. The summed E-state index contributed by atoms with van der Waals surface area (Å²) in [6.45, 7) is 0. The van der Waals surface area contributed by atoms with Crippen LogP contribution in [0.5, 0.6) is 5.75 Å². The molecule has 18 heavy (non-hydrogen) atoms. The minimum Gasteiger partial charge on any atom is -0.495 e. The van der Waals surface area contributed by atoms with Crippen molar-refractivity contribution in [1.29, 1.82) is 0 Å². The molecule has 6 nitrogen and oxygen atoms in total. The van der Waals surface area contributed by atoms with E-state index >= 15 is 0 Å². The molecule has 0 aliphatic carbocycles. The van der Waals surface area contributed by atoms with Gasteiger partial charge in [-0.2, -0.15) is 0 Å². The van der Waals surface area contributed by atoms with E-state index in [1.165, 1.54) is 14.2 Å². The summed E-state index contributed by atoms with van der Waals surface area (Å²) in [6, 6.07) is 6.92. The smallest absolute Gasteiger partial charge is 0.332 e. The molecule has 0 unspecified atom stereocenters. The van der Waals surface area contributed by atoms with Gasteiger partial charge < -0.3 is 20.5 Å². The Hall–Kier alpha value is -2.50. The number of anilines is 1. The molecule has 0 aliphatic heterocycles. The number of rotatable bonds is 5. The predicted molar refractivity (Wildman–Crippen MR) is 65.9 cm³/mol. The number of carbonyl (C=O) groups excluding carboxylic acids is 2. The Morgan fingerprint density at radius 1 is 1.28 bits per heavy atom. The second-order valence-electron chi connectivity index (χ2n) is 3.27. The number of carbonyl (C=O) groups is 2. The van der Waals surface area contributed by atoms with Gasteiger partial charge in [0.1, 0.15) is 11.4 Å². The molecule has 0 saturated carbocycles. The number of benzene rings is 1. The van der Waals surface area contributed by atoms with Crippen LogP contribution >= 0.6 is 0 Å². The minimum atomic E-state index is -0.772. The standard InChI is InChI=1S/C12H14N2O4/c1-17-10-6-4-3-5-8(10)14-9(12(13)16)7-11(15)18-2/h3-7,14H,1-2H3,(H2,13,16)/b9-7-. The van der Waals surface area contributed by atoms with Gasteiger partial charge in [0.15, 0.2) is 0 Å². The van der Waals surface area contributed by atoms with Crippen LogP contribution in [-0.4, -0.2) is 26.1 Å². The molecule has 0 heterocycles. The number of nitrogens with two attached hydrogens (primary N) is 1. The molecule has 1 aromatic rings. The summed E-state index contributed by atoms with van der Waals surface area (Å²) in [6.07, 6.45) is 0.981. The summed E-state index contributed by atoms with van der Waals surface area (Å²) < 4.78 is 9.53. The van der Waals surface area contributed by atoms with Gasteiger partial charge in [0.25, 0.3) is 5.91 Å². The quantitative estimate of drug-likeness (QED) is 0.591. The average Bonchev–Trinajstić information content (AvgIpc) is 2.38. The number of ether oxygens (including phenoxy) is 2. The summed E-state index contributed by atoms with van der Waals surface area (Å²) >= 11 is 0. The molecular weight excluding hydrogens is 236 g/mol. The zero-order valence-electron chi connectivity index (χ0n) is 10.1. The maximum atomic E-state index is 11.2. The number of primary amides is 1. The van der Waals surface area contributed by atoms with E-state index in [1.54, 1.807) is 24.3 Å². The molecule has 1 rings (SSSR count). The predicted octanol–water partition coefficient (Wildman–Crippen LogP) is 0.649. The fourth-order valence-electron chi connectivity index (χ4n) is 1.24. The van der Waals surface area contributed by atoms with Crippen LogP contribution in [0.15, 0.2) is 36.0 Å². The Bertz CT molecular complexity index is 483. The lowest BCUT2D eigenvalue weighted by atomic mass is 10.2. The van der Waals surface area contributed by atoms with Crippen LogP contribution in [0, 0.1) is 0 Å². The van der Waals surface area contributed by atoms with Gasteiger partial charge in [0.05, 0.1) is 26.0 Å². The summed E-state index contributed by atoms with van der Waals surface area (Å²) in [5.74, 6) is -0.924. The topological polar surface area (TPSA) is 90.7 Å². The van der Waals surface area contributed by atoms with Crippen molar-refractivity contribution in [3.63, 3.8) is 0 Å². The van der Waals surface area contributed by atoms with Gasteiger partial charge in [0, 0.05) is 0 Å². The normalized spacial score (nSPS) is 10.7. The van der Waals surface area contributed by atoms with Crippen LogP contribution < -0.4 is 15.8 Å². The molecule has 0 aliphatic rings. The Morgan fingerprint density at radius 2 is 1.94 bits per heavy atom. The van der Waals surface area contributed by atoms with E-state index in [1.807, 2.05) is 0 Å². The molecule has 0 bridgehead atoms. The zero-order chi connectivity index (χ0) is 13.5. The fourth-order valence-corrected chi connectivity index (χ4v) is 1.24. The van der Waals surface area contributed by atoms with Crippen molar-refractivity contribution in [2.75, 3.05) is 19.5 Å². The number of hydrogen-bond acceptors (Lipinski definition) is 5. The van der Waals surface area contributed by atoms with Crippen LogP contribution in [-0.2, 0) is 14.3 Å². The van der Waals surface area contributed by atoms with Crippen molar-refractivity contribution in [3.8, 4) is 5.75 Å². The number of amides is 1. The number of hydrogen-bond donors (Lipinski definition) is 2. The highest BCUT2D eigenvalue weighted by Crippen LogP contribution is 2.24. The highest BCUT2D eigenvalue weighted by atomic mass is 16.5. The summed E-state index contributed by atoms with van der Waals surface area (Å²) in [7, 11) is 2.70. The van der Waals surface area contributed by atoms with E-state index in [2.05, 4.69) is 10.1 Å². The van der Waals surface area contributed by atoms with Crippen LogP contribution in [0.2, 0.25) is 0 Å². The first-order valence-electron chi connectivity index (χ1n) is 5.08. The van der Waals surface area contributed by atoms with Crippen LogP contribution in [0.1, 0.15) is 0 Å². The summed E-state index contributed by atoms with van der Waals surface area (Å²) in [5.41, 5.74) is 5.61. The van der Waals surface area contributed by atoms with Crippen molar-refractivity contribution < 1.29 is 19.1 Å². The maximum Gasteiger partial charge on any atom is 0.332 e. The van der Waals surface area contributed by atoms with Crippen LogP contribution in [0.4, 0.5) is 5.69 Å². The molecule has 0 saturated heterocycles. The van der Waals surface area contributed by atoms with Crippen LogP contribution in [0.3, 0.4) is 0 Å². The molecule has 96 valence electrons. The highest BCUT2D eigenvalue weighted by molar-refractivity contribution is 6.01. The minimum absolute atomic E-state index is 0.0775. The number of nitrogens with one attached hydrogen (secondary N) is 1. The van der Waals surface area contributed by atoms with Gasteiger partial charge >= 0.3 is 5.97 Å². The van der Waals surface area contributed by atoms with Gasteiger partial charge in [0.2, 0.25) is 0 Å². The van der Waals surface area contributed by atoms with Crippen molar-refractivity contribution >= 4 is 17.6 Å². The van der Waals surface area contributed by atoms with E-state index in [0.717, 1.165) is 6.08 Å². The van der Waals surface area contributed by atoms with E-state index in [4.69, 9.17) is 10.5 Å². The van der Waals surface area contributed by atoms with E-state index in [0.29, 0.717) is 11.4 Å². The third-order valence-electron chi connectivity index (χ3n) is 2.11. The molecule has 1 aromatic carbocycles. The zero-order valence-corrected chi connectivity index (χ0v) is 10.1. The number of para-hydroxylation sites is 2.